The normalized spacial score (nSPS) is 38.0. The molecular formula is C19H37NO3. The zero-order valence-corrected chi connectivity index (χ0v) is 15.7. The Balaban J connectivity index is 1.81. The fourth-order valence-electron chi connectivity index (χ4n) is 4.23. The summed E-state index contributed by atoms with van der Waals surface area (Å²) in [6.45, 7) is 13.9. The smallest absolute Gasteiger partial charge is 0.0900 e. The lowest BCUT2D eigenvalue weighted by Crippen LogP contribution is -2.52. The van der Waals surface area contributed by atoms with Crippen molar-refractivity contribution >= 4 is 0 Å². The first-order valence-electron chi connectivity index (χ1n) is 9.51. The third-order valence-corrected chi connectivity index (χ3v) is 5.74. The molecule has 1 heterocycles. The topological polar surface area (TPSA) is 41.9 Å². The number of morpholine rings is 1. The SMILES string of the molecule is CC(C)[C@H]1CC[C@@H](C)C[C@H]1OC[C@H](O)CN1[C@@H](C)COC[C@@H]1C. The highest BCUT2D eigenvalue weighted by Gasteiger charge is 2.32. The summed E-state index contributed by atoms with van der Waals surface area (Å²) in [5.41, 5.74) is 0. The molecule has 0 spiro atoms. The second kappa shape index (κ2) is 8.80. The Kier molecular flexibility index (Phi) is 7.33. The van der Waals surface area contributed by atoms with Gasteiger partial charge in [-0.2, -0.15) is 0 Å². The lowest BCUT2D eigenvalue weighted by molar-refractivity contribution is -0.0929. The molecule has 0 unspecified atom stereocenters. The first-order chi connectivity index (χ1) is 10.9. The molecule has 2 aliphatic rings. The third-order valence-electron chi connectivity index (χ3n) is 5.74. The van der Waals surface area contributed by atoms with Crippen molar-refractivity contribution in [2.24, 2.45) is 17.8 Å². The molecule has 6 atom stereocenters. The van der Waals surface area contributed by atoms with Crippen LogP contribution in [-0.2, 0) is 9.47 Å². The van der Waals surface area contributed by atoms with Crippen LogP contribution in [0, 0.1) is 17.8 Å². The largest absolute Gasteiger partial charge is 0.389 e. The summed E-state index contributed by atoms with van der Waals surface area (Å²) >= 11 is 0. The van der Waals surface area contributed by atoms with Crippen LogP contribution in [0.15, 0.2) is 0 Å². The molecule has 0 aromatic carbocycles. The number of β-amino-alcohol motifs (C(OH)–C–C–N with tert-alkyl or cyclic N) is 1. The Hall–Kier alpha value is -0.160. The molecular weight excluding hydrogens is 290 g/mol. The Labute approximate surface area is 142 Å². The zero-order chi connectivity index (χ0) is 17.0. The minimum absolute atomic E-state index is 0.313. The van der Waals surface area contributed by atoms with Crippen molar-refractivity contribution in [1.29, 1.82) is 0 Å². The summed E-state index contributed by atoms with van der Waals surface area (Å²) in [4.78, 5) is 2.35. The fraction of sp³-hybridized carbons (Fsp3) is 1.00. The molecule has 4 nitrogen and oxygen atoms in total. The van der Waals surface area contributed by atoms with E-state index in [0.717, 1.165) is 25.6 Å². The second-order valence-electron chi connectivity index (χ2n) is 8.28. The molecule has 0 amide bonds. The number of aliphatic hydroxyl groups is 1. The van der Waals surface area contributed by atoms with Gasteiger partial charge in [-0.3, -0.25) is 4.90 Å². The quantitative estimate of drug-likeness (QED) is 0.814. The standard InChI is InChI=1S/C19H37NO3/c1-13(2)18-7-6-14(3)8-19(18)23-12-17(21)9-20-15(4)10-22-11-16(20)5/h13-19,21H,6-12H2,1-5H3/t14-,15+,16+,17-,18-,19-/m1/s1. The van der Waals surface area contributed by atoms with Gasteiger partial charge < -0.3 is 14.6 Å². The minimum Gasteiger partial charge on any atom is -0.389 e. The monoisotopic (exact) mass is 327 g/mol. The summed E-state index contributed by atoms with van der Waals surface area (Å²) < 4.78 is 11.8. The number of hydrogen-bond donors (Lipinski definition) is 1. The summed E-state index contributed by atoms with van der Waals surface area (Å²) in [6.07, 6.45) is 3.61. The molecule has 136 valence electrons. The summed E-state index contributed by atoms with van der Waals surface area (Å²) in [6, 6.07) is 0.734. The lowest BCUT2D eigenvalue weighted by atomic mass is 9.75. The Morgan fingerprint density at radius 1 is 1.13 bits per heavy atom. The highest BCUT2D eigenvalue weighted by molar-refractivity contribution is 4.83. The van der Waals surface area contributed by atoms with E-state index >= 15 is 0 Å². The molecule has 23 heavy (non-hydrogen) atoms. The maximum absolute atomic E-state index is 10.5. The molecule has 2 rings (SSSR count). The molecule has 1 N–H and O–H groups in total. The molecule has 0 aromatic rings. The van der Waals surface area contributed by atoms with Crippen LogP contribution in [0.5, 0.6) is 0 Å². The van der Waals surface area contributed by atoms with Gasteiger partial charge in [0, 0.05) is 18.6 Å². The highest BCUT2D eigenvalue weighted by atomic mass is 16.5. The van der Waals surface area contributed by atoms with Gasteiger partial charge in [0.1, 0.15) is 0 Å². The molecule has 0 bridgehead atoms. The van der Waals surface area contributed by atoms with Gasteiger partial charge in [-0.1, -0.05) is 27.2 Å². The third kappa shape index (κ3) is 5.42. The van der Waals surface area contributed by atoms with Crippen molar-refractivity contribution in [2.75, 3.05) is 26.4 Å². The van der Waals surface area contributed by atoms with E-state index < -0.39 is 6.10 Å². The van der Waals surface area contributed by atoms with Crippen molar-refractivity contribution in [3.8, 4) is 0 Å². The van der Waals surface area contributed by atoms with Crippen molar-refractivity contribution in [1.82, 2.24) is 4.90 Å². The molecule has 0 aromatic heterocycles. The van der Waals surface area contributed by atoms with Crippen LogP contribution in [-0.4, -0.2) is 60.7 Å². The minimum atomic E-state index is -0.414. The zero-order valence-electron chi connectivity index (χ0n) is 15.7. The first kappa shape index (κ1) is 19.2. The molecule has 0 radical (unpaired) electrons. The van der Waals surface area contributed by atoms with Gasteiger partial charge in [-0.05, 0) is 44.4 Å². The maximum atomic E-state index is 10.5. The van der Waals surface area contributed by atoms with Crippen LogP contribution in [0.3, 0.4) is 0 Å². The van der Waals surface area contributed by atoms with E-state index in [2.05, 4.69) is 39.5 Å². The van der Waals surface area contributed by atoms with Crippen molar-refractivity contribution in [3.05, 3.63) is 0 Å². The Bertz CT molecular complexity index is 340. The highest BCUT2D eigenvalue weighted by Crippen LogP contribution is 2.35. The van der Waals surface area contributed by atoms with Gasteiger partial charge in [0.2, 0.25) is 0 Å². The number of hydrogen-bond acceptors (Lipinski definition) is 4. The number of aliphatic hydroxyl groups excluding tert-OH is 1. The summed E-state index contributed by atoms with van der Waals surface area (Å²) in [7, 11) is 0. The van der Waals surface area contributed by atoms with E-state index in [1.165, 1.54) is 12.8 Å². The van der Waals surface area contributed by atoms with Crippen LogP contribution in [0.1, 0.15) is 53.9 Å². The molecule has 4 heteroatoms. The maximum Gasteiger partial charge on any atom is 0.0900 e. The summed E-state index contributed by atoms with van der Waals surface area (Å²) in [5.74, 6) is 2.04. The van der Waals surface area contributed by atoms with Crippen LogP contribution >= 0.6 is 0 Å². The fourth-order valence-corrected chi connectivity index (χ4v) is 4.23. The van der Waals surface area contributed by atoms with E-state index in [4.69, 9.17) is 9.47 Å². The van der Waals surface area contributed by atoms with Crippen molar-refractivity contribution in [3.63, 3.8) is 0 Å². The van der Waals surface area contributed by atoms with Gasteiger partial charge >= 0.3 is 0 Å². The van der Waals surface area contributed by atoms with Crippen LogP contribution in [0.2, 0.25) is 0 Å². The number of nitrogens with zero attached hydrogens (tertiary/aromatic N) is 1. The second-order valence-corrected chi connectivity index (χ2v) is 8.28. The van der Waals surface area contributed by atoms with E-state index in [1.54, 1.807) is 0 Å². The van der Waals surface area contributed by atoms with Crippen LogP contribution in [0.25, 0.3) is 0 Å². The molecule has 1 saturated carbocycles. The first-order valence-corrected chi connectivity index (χ1v) is 9.51. The Morgan fingerprint density at radius 3 is 2.39 bits per heavy atom. The number of rotatable bonds is 6. The van der Waals surface area contributed by atoms with Gasteiger partial charge in [-0.25, -0.2) is 0 Å². The van der Waals surface area contributed by atoms with E-state index in [0.29, 0.717) is 43.2 Å². The summed E-state index contributed by atoms with van der Waals surface area (Å²) in [5, 5.41) is 10.5. The van der Waals surface area contributed by atoms with Crippen LogP contribution in [0.4, 0.5) is 0 Å². The van der Waals surface area contributed by atoms with E-state index in [1.807, 2.05) is 0 Å². The molecule has 1 aliphatic carbocycles. The molecule has 1 saturated heterocycles. The Morgan fingerprint density at radius 2 is 1.78 bits per heavy atom. The predicted octanol–water partition coefficient (Wildman–Crippen LogP) is 2.93. The van der Waals surface area contributed by atoms with Crippen molar-refractivity contribution < 1.29 is 14.6 Å². The molecule has 1 aliphatic heterocycles. The van der Waals surface area contributed by atoms with Gasteiger partial charge in [0.15, 0.2) is 0 Å². The van der Waals surface area contributed by atoms with Crippen molar-refractivity contribution in [2.45, 2.75) is 78.2 Å². The van der Waals surface area contributed by atoms with Gasteiger partial charge in [-0.15, -0.1) is 0 Å². The predicted molar refractivity (Wildman–Crippen MR) is 93.5 cm³/mol. The van der Waals surface area contributed by atoms with Gasteiger partial charge in [0.25, 0.3) is 0 Å². The molecule has 2 fully saturated rings. The average Bonchev–Trinajstić information content (AvgIpc) is 2.49. The van der Waals surface area contributed by atoms with Gasteiger partial charge in [0.05, 0.1) is 32.0 Å². The van der Waals surface area contributed by atoms with Crippen LogP contribution < -0.4 is 0 Å². The van der Waals surface area contributed by atoms with E-state index in [9.17, 15) is 5.11 Å². The van der Waals surface area contributed by atoms with E-state index in [-0.39, 0.29) is 0 Å². The lowest BCUT2D eigenvalue weighted by Gasteiger charge is -2.40. The average molecular weight is 328 g/mol. The number of ether oxygens (including phenoxy) is 2.